The Labute approximate surface area is 163 Å². The van der Waals surface area contributed by atoms with Gasteiger partial charge in [-0.2, -0.15) is 0 Å². The van der Waals surface area contributed by atoms with Crippen LogP contribution in [0.4, 0.5) is 4.39 Å². The molecule has 1 atom stereocenters. The van der Waals surface area contributed by atoms with Gasteiger partial charge in [0.05, 0.1) is 13.4 Å². The van der Waals surface area contributed by atoms with Crippen LogP contribution >= 0.6 is 0 Å². The smallest absolute Gasteiger partial charge is 0.287 e. The molecule has 0 saturated carbocycles. The summed E-state index contributed by atoms with van der Waals surface area (Å²) in [6.45, 7) is 4.60. The second-order valence-electron chi connectivity index (χ2n) is 6.73. The summed E-state index contributed by atoms with van der Waals surface area (Å²) in [6.07, 6.45) is 1.41. The number of methoxy groups -OCH3 is 1. The zero-order chi connectivity index (χ0) is 20.1. The van der Waals surface area contributed by atoms with Crippen molar-refractivity contribution in [3.05, 3.63) is 53.7 Å². The highest BCUT2D eigenvalue weighted by Crippen LogP contribution is 2.21. The number of nitrogens with zero attached hydrogens (tertiary/aromatic N) is 2. The molecule has 2 amide bonds. The van der Waals surface area contributed by atoms with Gasteiger partial charge in [-0.1, -0.05) is 0 Å². The lowest BCUT2D eigenvalue weighted by atomic mass is 10.1. The van der Waals surface area contributed by atoms with Gasteiger partial charge in [-0.05, 0) is 37.3 Å². The van der Waals surface area contributed by atoms with Crippen LogP contribution in [0.25, 0.3) is 0 Å². The molecule has 150 valence electrons. The van der Waals surface area contributed by atoms with E-state index < -0.39 is 11.9 Å². The first-order valence-electron chi connectivity index (χ1n) is 9.16. The van der Waals surface area contributed by atoms with Crippen LogP contribution in [0.5, 0.6) is 5.75 Å². The van der Waals surface area contributed by atoms with Crippen molar-refractivity contribution in [3.8, 4) is 5.75 Å². The fourth-order valence-corrected chi connectivity index (χ4v) is 3.25. The Balaban J connectivity index is 1.51. The second-order valence-corrected chi connectivity index (χ2v) is 6.73. The number of piperazine rings is 1. The molecule has 0 unspecified atom stereocenters. The van der Waals surface area contributed by atoms with Gasteiger partial charge in [0.2, 0.25) is 5.91 Å². The van der Waals surface area contributed by atoms with Gasteiger partial charge in [0.15, 0.2) is 5.76 Å². The van der Waals surface area contributed by atoms with Crippen LogP contribution in [0.1, 0.15) is 23.0 Å². The largest absolute Gasteiger partial charge is 0.496 e. The molecule has 1 aliphatic rings. The van der Waals surface area contributed by atoms with E-state index in [-0.39, 0.29) is 17.5 Å². The highest BCUT2D eigenvalue weighted by Gasteiger charge is 2.27. The van der Waals surface area contributed by atoms with Crippen molar-refractivity contribution in [2.45, 2.75) is 19.5 Å². The number of hydrogen-bond acceptors (Lipinski definition) is 5. The molecule has 1 N–H and O–H groups in total. The maximum Gasteiger partial charge on any atom is 0.287 e. The average Bonchev–Trinajstić information content (AvgIpc) is 3.23. The van der Waals surface area contributed by atoms with Gasteiger partial charge in [0.1, 0.15) is 17.6 Å². The molecule has 0 radical (unpaired) electrons. The summed E-state index contributed by atoms with van der Waals surface area (Å²) in [6, 6.07) is 6.99. The summed E-state index contributed by atoms with van der Waals surface area (Å²) in [5.74, 6) is -0.0287. The molecule has 0 aliphatic carbocycles. The van der Waals surface area contributed by atoms with Gasteiger partial charge in [-0.25, -0.2) is 4.39 Å². The summed E-state index contributed by atoms with van der Waals surface area (Å²) in [4.78, 5) is 28.5. The number of amides is 2. The van der Waals surface area contributed by atoms with Gasteiger partial charge in [0, 0.05) is 38.3 Å². The third kappa shape index (κ3) is 4.69. The third-order valence-corrected chi connectivity index (χ3v) is 4.78. The normalized spacial score (nSPS) is 15.9. The standard InChI is InChI=1S/C20H24FN3O4/c1-14(22-19(25)18-4-3-11-28-18)20(26)24-9-7-23(8-10-24)13-15-12-16(21)5-6-17(15)27-2/h3-6,11-12,14H,7-10,13H2,1-2H3,(H,22,25)/t14-/m0/s1. The van der Waals surface area contributed by atoms with Crippen molar-refractivity contribution in [2.75, 3.05) is 33.3 Å². The first-order valence-corrected chi connectivity index (χ1v) is 9.16. The topological polar surface area (TPSA) is 75.0 Å². The number of halogens is 1. The van der Waals surface area contributed by atoms with Gasteiger partial charge in [-0.3, -0.25) is 14.5 Å². The van der Waals surface area contributed by atoms with E-state index in [1.807, 2.05) is 0 Å². The Hall–Kier alpha value is -2.87. The van der Waals surface area contributed by atoms with Crippen LogP contribution in [0, 0.1) is 5.82 Å². The van der Waals surface area contributed by atoms with Crippen LogP contribution in [0.2, 0.25) is 0 Å². The van der Waals surface area contributed by atoms with E-state index in [0.29, 0.717) is 38.5 Å². The third-order valence-electron chi connectivity index (χ3n) is 4.78. The lowest BCUT2D eigenvalue weighted by Crippen LogP contribution is -2.53. The molecule has 2 heterocycles. The maximum absolute atomic E-state index is 13.5. The molecule has 7 nitrogen and oxygen atoms in total. The Morgan fingerprint density at radius 3 is 2.64 bits per heavy atom. The van der Waals surface area contributed by atoms with E-state index in [2.05, 4.69) is 10.2 Å². The Morgan fingerprint density at radius 2 is 2.00 bits per heavy atom. The molecular weight excluding hydrogens is 365 g/mol. The van der Waals surface area contributed by atoms with Crippen LogP contribution < -0.4 is 10.1 Å². The van der Waals surface area contributed by atoms with E-state index in [9.17, 15) is 14.0 Å². The molecular formula is C20H24FN3O4. The molecule has 2 aromatic rings. The zero-order valence-electron chi connectivity index (χ0n) is 16.0. The minimum absolute atomic E-state index is 0.136. The molecule has 1 fully saturated rings. The molecule has 8 heteroatoms. The quantitative estimate of drug-likeness (QED) is 0.817. The first-order chi connectivity index (χ1) is 13.5. The van der Waals surface area contributed by atoms with Crippen LogP contribution in [0.15, 0.2) is 41.0 Å². The molecule has 1 aliphatic heterocycles. The molecule has 1 saturated heterocycles. The SMILES string of the molecule is COc1ccc(F)cc1CN1CCN(C(=O)[C@H](C)NC(=O)c2ccco2)CC1. The van der Waals surface area contributed by atoms with Crippen LogP contribution in [-0.2, 0) is 11.3 Å². The molecule has 28 heavy (non-hydrogen) atoms. The highest BCUT2D eigenvalue weighted by atomic mass is 19.1. The number of ether oxygens (including phenoxy) is 1. The van der Waals surface area contributed by atoms with Gasteiger partial charge >= 0.3 is 0 Å². The Morgan fingerprint density at radius 1 is 1.25 bits per heavy atom. The monoisotopic (exact) mass is 389 g/mol. The number of hydrogen-bond donors (Lipinski definition) is 1. The van der Waals surface area contributed by atoms with E-state index in [1.165, 1.54) is 18.4 Å². The fraction of sp³-hybridized carbons (Fsp3) is 0.400. The summed E-state index contributed by atoms with van der Waals surface area (Å²) in [7, 11) is 1.56. The van der Waals surface area contributed by atoms with Crippen molar-refractivity contribution >= 4 is 11.8 Å². The van der Waals surface area contributed by atoms with Crippen LogP contribution in [-0.4, -0.2) is 60.9 Å². The van der Waals surface area contributed by atoms with Crippen molar-refractivity contribution in [3.63, 3.8) is 0 Å². The zero-order valence-corrected chi connectivity index (χ0v) is 16.0. The lowest BCUT2D eigenvalue weighted by molar-refractivity contribution is -0.134. The molecule has 0 spiro atoms. The van der Waals surface area contributed by atoms with Crippen molar-refractivity contribution in [1.82, 2.24) is 15.1 Å². The number of furan rings is 1. The van der Waals surface area contributed by atoms with Crippen molar-refractivity contribution in [2.24, 2.45) is 0 Å². The summed E-state index contributed by atoms with van der Waals surface area (Å²) >= 11 is 0. The molecule has 1 aromatic carbocycles. The maximum atomic E-state index is 13.5. The van der Waals surface area contributed by atoms with Gasteiger partial charge in [-0.15, -0.1) is 0 Å². The fourth-order valence-electron chi connectivity index (χ4n) is 3.25. The number of carbonyl (C=O) groups is 2. The van der Waals surface area contributed by atoms with Gasteiger partial charge < -0.3 is 19.4 Å². The van der Waals surface area contributed by atoms with E-state index in [4.69, 9.17) is 9.15 Å². The number of nitrogens with one attached hydrogen (secondary N) is 1. The molecule has 1 aromatic heterocycles. The first kappa shape index (κ1) is 19.9. The lowest BCUT2D eigenvalue weighted by Gasteiger charge is -2.36. The molecule has 0 bridgehead atoms. The Bertz CT molecular complexity index is 817. The average molecular weight is 389 g/mol. The number of benzene rings is 1. The summed E-state index contributed by atoms with van der Waals surface area (Å²) in [5.41, 5.74) is 0.779. The van der Waals surface area contributed by atoms with E-state index >= 15 is 0 Å². The highest BCUT2D eigenvalue weighted by molar-refractivity contribution is 5.95. The van der Waals surface area contributed by atoms with Gasteiger partial charge in [0.25, 0.3) is 5.91 Å². The second kappa shape index (κ2) is 8.88. The predicted octanol–water partition coefficient (Wildman–Crippen LogP) is 1.89. The van der Waals surface area contributed by atoms with Crippen molar-refractivity contribution < 1.29 is 23.1 Å². The van der Waals surface area contributed by atoms with E-state index in [0.717, 1.165) is 5.56 Å². The Kier molecular flexibility index (Phi) is 6.30. The number of carbonyl (C=O) groups excluding carboxylic acids is 2. The summed E-state index contributed by atoms with van der Waals surface area (Å²) in [5, 5.41) is 2.66. The van der Waals surface area contributed by atoms with Crippen LogP contribution in [0.3, 0.4) is 0 Å². The minimum Gasteiger partial charge on any atom is -0.496 e. The predicted molar refractivity (Wildman–Crippen MR) is 100 cm³/mol. The van der Waals surface area contributed by atoms with Crippen molar-refractivity contribution in [1.29, 1.82) is 0 Å². The molecule has 3 rings (SSSR count). The van der Waals surface area contributed by atoms with E-state index in [1.54, 1.807) is 37.1 Å². The minimum atomic E-state index is -0.646. The summed E-state index contributed by atoms with van der Waals surface area (Å²) < 4.78 is 23.9. The number of rotatable bonds is 6.